The topological polar surface area (TPSA) is 64.9 Å². The molecule has 1 heterocycles. The minimum atomic E-state index is -0.278. The Hall–Kier alpha value is -2.23. The molecule has 0 spiro atoms. The van der Waals surface area contributed by atoms with Crippen LogP contribution in [0.3, 0.4) is 0 Å². The van der Waals surface area contributed by atoms with Gasteiger partial charge in [-0.25, -0.2) is 4.39 Å². The number of anilines is 1. The van der Waals surface area contributed by atoms with E-state index in [0.29, 0.717) is 10.6 Å². The average Bonchev–Trinajstić information content (AvgIpc) is 2.79. The molecule has 1 aliphatic carbocycles. The van der Waals surface area contributed by atoms with Gasteiger partial charge >= 0.3 is 0 Å². The Bertz CT molecular complexity index is 823. The molecule has 1 atom stereocenters. The number of amides is 1. The molecule has 0 radical (unpaired) electrons. The number of nitrogens with zero attached hydrogens (tertiary/aromatic N) is 1. The van der Waals surface area contributed by atoms with E-state index in [9.17, 15) is 14.4 Å². The number of fused-ring (bicyclic) bond motifs is 1. The standard InChI is InChI=1S/C20H22FN3OS/c1-13(14-7-9-15(21)10-8-14)23-12-19(25)24-20-17(11-22)16-5-3-2-4-6-18(16)26-20/h7-10,13,23H,2-6,12H2,1H3,(H,24,25). The number of thiophene rings is 1. The van der Waals surface area contributed by atoms with E-state index in [1.807, 2.05) is 6.92 Å². The van der Waals surface area contributed by atoms with Crippen molar-refractivity contribution in [2.75, 3.05) is 11.9 Å². The van der Waals surface area contributed by atoms with Crippen LogP contribution in [-0.4, -0.2) is 12.5 Å². The first kappa shape index (κ1) is 18.6. The molecule has 6 heteroatoms. The Morgan fingerprint density at radius 3 is 2.73 bits per heavy atom. The lowest BCUT2D eigenvalue weighted by atomic mass is 10.1. The fourth-order valence-electron chi connectivity index (χ4n) is 3.23. The molecular formula is C20H22FN3OS. The van der Waals surface area contributed by atoms with Gasteiger partial charge in [-0.2, -0.15) is 5.26 Å². The molecule has 26 heavy (non-hydrogen) atoms. The summed E-state index contributed by atoms with van der Waals surface area (Å²) in [6.45, 7) is 2.06. The van der Waals surface area contributed by atoms with Crippen molar-refractivity contribution < 1.29 is 9.18 Å². The molecule has 1 aromatic heterocycles. The zero-order chi connectivity index (χ0) is 18.5. The molecule has 4 nitrogen and oxygen atoms in total. The molecule has 0 saturated heterocycles. The van der Waals surface area contributed by atoms with E-state index in [4.69, 9.17) is 0 Å². The van der Waals surface area contributed by atoms with Crippen LogP contribution in [0.1, 0.15) is 53.8 Å². The molecule has 0 fully saturated rings. The number of carbonyl (C=O) groups excluding carboxylic acids is 1. The van der Waals surface area contributed by atoms with Gasteiger partial charge in [0.25, 0.3) is 0 Å². The monoisotopic (exact) mass is 371 g/mol. The van der Waals surface area contributed by atoms with Crippen molar-refractivity contribution in [3.05, 3.63) is 51.7 Å². The first-order chi connectivity index (χ1) is 12.6. The van der Waals surface area contributed by atoms with Crippen molar-refractivity contribution >= 4 is 22.2 Å². The van der Waals surface area contributed by atoms with Crippen molar-refractivity contribution in [1.29, 1.82) is 5.26 Å². The Balaban J connectivity index is 1.61. The SMILES string of the molecule is CC(NCC(=O)Nc1sc2c(c1C#N)CCCCC2)c1ccc(F)cc1. The average molecular weight is 371 g/mol. The summed E-state index contributed by atoms with van der Waals surface area (Å²) in [7, 11) is 0. The van der Waals surface area contributed by atoms with Gasteiger partial charge < -0.3 is 10.6 Å². The molecule has 0 aliphatic heterocycles. The van der Waals surface area contributed by atoms with Crippen molar-refractivity contribution in [2.24, 2.45) is 0 Å². The van der Waals surface area contributed by atoms with Crippen LogP contribution in [0.5, 0.6) is 0 Å². The van der Waals surface area contributed by atoms with Crippen LogP contribution in [0.25, 0.3) is 0 Å². The van der Waals surface area contributed by atoms with E-state index < -0.39 is 0 Å². The Morgan fingerprint density at radius 2 is 2.00 bits per heavy atom. The number of halogens is 1. The smallest absolute Gasteiger partial charge is 0.238 e. The van der Waals surface area contributed by atoms with E-state index in [-0.39, 0.29) is 24.3 Å². The van der Waals surface area contributed by atoms with Crippen molar-refractivity contribution in [3.63, 3.8) is 0 Å². The number of nitriles is 1. The molecule has 1 amide bonds. The van der Waals surface area contributed by atoms with E-state index in [0.717, 1.165) is 36.8 Å². The molecule has 2 N–H and O–H groups in total. The van der Waals surface area contributed by atoms with Crippen LogP contribution in [-0.2, 0) is 17.6 Å². The van der Waals surface area contributed by atoms with Gasteiger partial charge in [-0.3, -0.25) is 4.79 Å². The molecule has 1 aliphatic rings. The first-order valence-corrected chi connectivity index (χ1v) is 9.73. The predicted molar refractivity (Wildman–Crippen MR) is 102 cm³/mol. The fourth-order valence-corrected chi connectivity index (χ4v) is 4.49. The number of nitrogens with one attached hydrogen (secondary N) is 2. The number of benzene rings is 1. The maximum absolute atomic E-state index is 13.0. The summed E-state index contributed by atoms with van der Waals surface area (Å²) in [5.74, 6) is -0.452. The summed E-state index contributed by atoms with van der Waals surface area (Å²) < 4.78 is 13.0. The molecular weight excluding hydrogens is 349 g/mol. The third-order valence-electron chi connectivity index (χ3n) is 4.72. The maximum atomic E-state index is 13.0. The van der Waals surface area contributed by atoms with E-state index in [1.54, 1.807) is 12.1 Å². The number of carbonyl (C=O) groups is 1. The second-order valence-corrected chi connectivity index (χ2v) is 7.69. The summed E-state index contributed by atoms with van der Waals surface area (Å²) >= 11 is 1.54. The van der Waals surface area contributed by atoms with Gasteiger partial charge in [0.1, 0.15) is 16.9 Å². The van der Waals surface area contributed by atoms with Gasteiger partial charge in [-0.1, -0.05) is 18.6 Å². The van der Waals surface area contributed by atoms with Crippen LogP contribution < -0.4 is 10.6 Å². The van der Waals surface area contributed by atoms with Gasteiger partial charge in [-0.15, -0.1) is 11.3 Å². The van der Waals surface area contributed by atoms with Gasteiger partial charge in [0.2, 0.25) is 5.91 Å². The minimum absolute atomic E-state index is 0.0724. The molecule has 0 saturated carbocycles. The lowest BCUT2D eigenvalue weighted by molar-refractivity contribution is -0.115. The third-order valence-corrected chi connectivity index (χ3v) is 5.93. The predicted octanol–water partition coefficient (Wildman–Crippen LogP) is 4.32. The Kier molecular flexibility index (Phi) is 6.02. The van der Waals surface area contributed by atoms with Crippen molar-refractivity contribution in [2.45, 2.75) is 45.1 Å². The molecule has 1 aromatic carbocycles. The highest BCUT2D eigenvalue weighted by atomic mass is 32.1. The number of aryl methyl sites for hydroxylation is 1. The minimum Gasteiger partial charge on any atom is -0.315 e. The number of hydrogen-bond acceptors (Lipinski definition) is 4. The lowest BCUT2D eigenvalue weighted by Gasteiger charge is -2.14. The summed E-state index contributed by atoms with van der Waals surface area (Å²) in [4.78, 5) is 13.6. The normalized spacial score (nSPS) is 14.8. The Morgan fingerprint density at radius 1 is 1.27 bits per heavy atom. The van der Waals surface area contributed by atoms with Crippen molar-refractivity contribution in [1.82, 2.24) is 5.32 Å². The molecule has 2 aromatic rings. The van der Waals surface area contributed by atoms with E-state index >= 15 is 0 Å². The highest BCUT2D eigenvalue weighted by Gasteiger charge is 2.21. The lowest BCUT2D eigenvalue weighted by Crippen LogP contribution is -2.30. The summed E-state index contributed by atoms with van der Waals surface area (Å²) in [5.41, 5.74) is 2.67. The highest BCUT2D eigenvalue weighted by Crippen LogP contribution is 2.36. The van der Waals surface area contributed by atoms with Gasteiger partial charge in [0.05, 0.1) is 12.1 Å². The van der Waals surface area contributed by atoms with Crippen molar-refractivity contribution in [3.8, 4) is 6.07 Å². The van der Waals surface area contributed by atoms with Crippen LogP contribution in [0.15, 0.2) is 24.3 Å². The quantitative estimate of drug-likeness (QED) is 0.770. The second kappa shape index (κ2) is 8.43. The zero-order valence-corrected chi connectivity index (χ0v) is 15.6. The van der Waals surface area contributed by atoms with Crippen LogP contribution >= 0.6 is 11.3 Å². The molecule has 0 bridgehead atoms. The van der Waals surface area contributed by atoms with Crippen LogP contribution in [0.2, 0.25) is 0 Å². The molecule has 1 unspecified atom stereocenters. The third kappa shape index (κ3) is 4.29. The second-order valence-electron chi connectivity index (χ2n) is 6.58. The number of hydrogen-bond donors (Lipinski definition) is 2. The highest BCUT2D eigenvalue weighted by molar-refractivity contribution is 7.16. The summed E-state index contributed by atoms with van der Waals surface area (Å²) in [5, 5.41) is 16.2. The summed E-state index contributed by atoms with van der Waals surface area (Å²) in [6.07, 6.45) is 5.35. The Labute approximate surface area is 157 Å². The van der Waals surface area contributed by atoms with Gasteiger partial charge in [0.15, 0.2) is 0 Å². The van der Waals surface area contributed by atoms with E-state index in [2.05, 4.69) is 16.7 Å². The van der Waals surface area contributed by atoms with E-state index in [1.165, 1.54) is 34.8 Å². The summed E-state index contributed by atoms with van der Waals surface area (Å²) in [6, 6.07) is 8.42. The number of rotatable bonds is 5. The van der Waals surface area contributed by atoms with Crippen LogP contribution in [0.4, 0.5) is 9.39 Å². The van der Waals surface area contributed by atoms with Crippen LogP contribution in [0, 0.1) is 17.1 Å². The van der Waals surface area contributed by atoms with Gasteiger partial charge in [-0.05, 0) is 55.9 Å². The molecule has 136 valence electrons. The zero-order valence-electron chi connectivity index (χ0n) is 14.8. The maximum Gasteiger partial charge on any atom is 0.238 e. The fraction of sp³-hybridized carbons (Fsp3) is 0.400. The largest absolute Gasteiger partial charge is 0.315 e. The molecule has 3 rings (SSSR count). The van der Waals surface area contributed by atoms with Gasteiger partial charge in [0, 0.05) is 10.9 Å². The first-order valence-electron chi connectivity index (χ1n) is 8.92.